The van der Waals surface area contributed by atoms with Crippen LogP contribution in [0.5, 0.6) is 5.75 Å². The molecule has 0 amide bonds. The minimum atomic E-state index is -0.307. The van der Waals surface area contributed by atoms with E-state index in [2.05, 4.69) is 22.1 Å². The Kier molecular flexibility index (Phi) is 6.93. The van der Waals surface area contributed by atoms with E-state index in [1.165, 1.54) is 23.1 Å². The van der Waals surface area contributed by atoms with Crippen molar-refractivity contribution in [3.63, 3.8) is 0 Å². The van der Waals surface area contributed by atoms with Crippen LogP contribution in [0, 0.1) is 11.7 Å². The van der Waals surface area contributed by atoms with Crippen molar-refractivity contribution in [1.29, 1.82) is 0 Å². The lowest BCUT2D eigenvalue weighted by atomic mass is 9.97. The number of hydrogen-bond donors (Lipinski definition) is 1. The molecule has 1 unspecified atom stereocenters. The van der Waals surface area contributed by atoms with Gasteiger partial charge in [0.25, 0.3) is 0 Å². The number of methoxy groups -OCH3 is 1. The Bertz CT molecular complexity index is 971. The maximum absolute atomic E-state index is 13.0. The summed E-state index contributed by atoms with van der Waals surface area (Å²) in [5.74, 6) is 1.04. The summed E-state index contributed by atoms with van der Waals surface area (Å²) >= 11 is 0. The molecule has 2 aromatic carbocycles. The van der Waals surface area contributed by atoms with Crippen LogP contribution in [0.3, 0.4) is 0 Å². The number of ketones is 1. The third-order valence-corrected chi connectivity index (χ3v) is 5.68. The smallest absolute Gasteiger partial charge is 0.163 e. The summed E-state index contributed by atoms with van der Waals surface area (Å²) in [6.45, 7) is 2.94. The zero-order valence-electron chi connectivity index (χ0n) is 16.5. The number of hydrogen-bond acceptors (Lipinski definition) is 3. The molecule has 1 aliphatic heterocycles. The molecule has 154 valence electrons. The molecule has 1 fully saturated rings. The minimum Gasteiger partial charge on any atom is -0.497 e. The predicted molar refractivity (Wildman–Crippen MR) is 116 cm³/mol. The third-order valence-electron chi connectivity index (χ3n) is 5.68. The molecular formula is C23H26ClFN2O2. The van der Waals surface area contributed by atoms with Crippen LogP contribution in [0.4, 0.5) is 4.39 Å². The van der Waals surface area contributed by atoms with Crippen molar-refractivity contribution < 1.29 is 13.9 Å². The second kappa shape index (κ2) is 9.42. The van der Waals surface area contributed by atoms with E-state index in [-0.39, 0.29) is 24.0 Å². The first-order chi connectivity index (χ1) is 13.6. The Morgan fingerprint density at radius 1 is 1.24 bits per heavy atom. The lowest BCUT2D eigenvalue weighted by Gasteiger charge is -2.15. The van der Waals surface area contributed by atoms with E-state index in [0.717, 1.165) is 43.7 Å². The number of aromatic amines is 1. The van der Waals surface area contributed by atoms with E-state index in [1.807, 2.05) is 12.1 Å². The fourth-order valence-electron chi connectivity index (χ4n) is 4.07. The van der Waals surface area contributed by atoms with E-state index < -0.39 is 0 Å². The van der Waals surface area contributed by atoms with Crippen LogP contribution in [-0.4, -0.2) is 42.4 Å². The Balaban J connectivity index is 0.00000240. The average molecular weight is 417 g/mol. The van der Waals surface area contributed by atoms with Crippen LogP contribution in [0.25, 0.3) is 10.9 Å². The zero-order chi connectivity index (χ0) is 19.5. The summed E-state index contributed by atoms with van der Waals surface area (Å²) in [6.07, 6.45) is 4.61. The summed E-state index contributed by atoms with van der Waals surface area (Å²) in [4.78, 5) is 18.2. The minimum absolute atomic E-state index is 0. The van der Waals surface area contributed by atoms with Crippen LogP contribution in [0.1, 0.15) is 28.8 Å². The molecule has 1 saturated heterocycles. The summed E-state index contributed by atoms with van der Waals surface area (Å²) < 4.78 is 18.4. The van der Waals surface area contributed by atoms with Crippen molar-refractivity contribution in [1.82, 2.24) is 9.88 Å². The van der Waals surface area contributed by atoms with E-state index in [1.54, 1.807) is 19.2 Å². The molecule has 6 heteroatoms. The van der Waals surface area contributed by atoms with Crippen molar-refractivity contribution in [2.24, 2.45) is 5.92 Å². The average Bonchev–Trinajstić information content (AvgIpc) is 3.32. The topological polar surface area (TPSA) is 45.3 Å². The molecule has 3 aromatic rings. The summed E-state index contributed by atoms with van der Waals surface area (Å²) in [6, 6.07) is 12.0. The Labute approximate surface area is 176 Å². The van der Waals surface area contributed by atoms with Gasteiger partial charge in [-0.15, -0.1) is 12.4 Å². The van der Waals surface area contributed by atoms with Crippen LogP contribution in [0.15, 0.2) is 48.7 Å². The summed E-state index contributed by atoms with van der Waals surface area (Å²) in [7, 11) is 1.69. The first-order valence-corrected chi connectivity index (χ1v) is 9.77. The number of fused-ring (bicyclic) bond motifs is 1. The molecule has 1 atom stereocenters. The number of benzene rings is 2. The Morgan fingerprint density at radius 2 is 2.03 bits per heavy atom. The van der Waals surface area contributed by atoms with Gasteiger partial charge in [0.05, 0.1) is 7.11 Å². The van der Waals surface area contributed by atoms with Crippen molar-refractivity contribution in [2.75, 3.05) is 26.7 Å². The third kappa shape index (κ3) is 4.98. The molecule has 1 N–H and O–H groups in total. The monoisotopic (exact) mass is 416 g/mol. The summed E-state index contributed by atoms with van der Waals surface area (Å²) in [5, 5.41) is 1.21. The molecule has 2 heterocycles. The number of nitrogens with one attached hydrogen (secondary N) is 1. The van der Waals surface area contributed by atoms with Gasteiger partial charge in [0, 0.05) is 42.2 Å². The van der Waals surface area contributed by atoms with Crippen molar-refractivity contribution in [3.8, 4) is 5.75 Å². The van der Waals surface area contributed by atoms with Gasteiger partial charge in [-0.05, 0) is 73.3 Å². The van der Waals surface area contributed by atoms with Crippen LogP contribution >= 0.6 is 12.4 Å². The molecule has 0 radical (unpaired) electrons. The number of halogens is 2. The number of likely N-dealkylation sites (tertiary alicyclic amines) is 1. The largest absolute Gasteiger partial charge is 0.497 e. The quantitative estimate of drug-likeness (QED) is 0.558. The van der Waals surface area contributed by atoms with E-state index >= 15 is 0 Å². The standard InChI is InChI=1S/C23H25FN2O2.ClH/c1-28-20-6-7-22-21(13-20)18(14-25-22)9-11-26-10-8-16(15-26)12-23(27)17-2-4-19(24)5-3-17;/h2-7,13-14,16,25H,8-12,15H2,1H3;1H. The number of carbonyl (C=O) groups is 1. The fourth-order valence-corrected chi connectivity index (χ4v) is 4.07. The second-order valence-electron chi connectivity index (χ2n) is 7.56. The van der Waals surface area contributed by atoms with Gasteiger partial charge < -0.3 is 14.6 Å². The van der Waals surface area contributed by atoms with Crippen molar-refractivity contribution >= 4 is 29.1 Å². The number of Topliss-reactive ketones (excluding diaryl/α,β-unsaturated/α-hetero) is 1. The van der Waals surface area contributed by atoms with Gasteiger partial charge in [0.2, 0.25) is 0 Å². The highest BCUT2D eigenvalue weighted by Crippen LogP contribution is 2.26. The molecule has 0 saturated carbocycles. The highest BCUT2D eigenvalue weighted by Gasteiger charge is 2.25. The molecule has 4 rings (SSSR count). The molecule has 0 bridgehead atoms. The molecule has 1 aliphatic rings. The van der Waals surface area contributed by atoms with Crippen LogP contribution in [0.2, 0.25) is 0 Å². The lowest BCUT2D eigenvalue weighted by Crippen LogP contribution is -2.24. The van der Waals surface area contributed by atoms with Crippen molar-refractivity contribution in [3.05, 3.63) is 65.6 Å². The predicted octanol–water partition coefficient (Wildman–Crippen LogP) is 4.87. The maximum Gasteiger partial charge on any atom is 0.163 e. The van der Waals surface area contributed by atoms with Crippen molar-refractivity contribution in [2.45, 2.75) is 19.3 Å². The van der Waals surface area contributed by atoms with Crippen LogP contribution in [-0.2, 0) is 6.42 Å². The number of carbonyl (C=O) groups excluding carboxylic acids is 1. The first-order valence-electron chi connectivity index (χ1n) is 9.77. The fraction of sp³-hybridized carbons (Fsp3) is 0.348. The lowest BCUT2D eigenvalue weighted by molar-refractivity contribution is 0.0962. The normalized spacial score (nSPS) is 16.7. The summed E-state index contributed by atoms with van der Waals surface area (Å²) in [5.41, 5.74) is 3.02. The van der Waals surface area contributed by atoms with Gasteiger partial charge in [0.1, 0.15) is 11.6 Å². The molecular weight excluding hydrogens is 391 g/mol. The number of H-pyrrole nitrogens is 1. The highest BCUT2D eigenvalue weighted by atomic mass is 35.5. The van der Waals surface area contributed by atoms with E-state index in [0.29, 0.717) is 17.9 Å². The molecule has 0 aliphatic carbocycles. The van der Waals surface area contributed by atoms with Gasteiger partial charge in [-0.2, -0.15) is 0 Å². The van der Waals surface area contributed by atoms with Gasteiger partial charge in [-0.3, -0.25) is 4.79 Å². The van der Waals surface area contributed by atoms with Gasteiger partial charge in [0.15, 0.2) is 5.78 Å². The SMILES string of the molecule is COc1ccc2[nH]cc(CCN3CCC(CC(=O)c4ccc(F)cc4)C3)c2c1.Cl. The van der Waals surface area contributed by atoms with E-state index in [4.69, 9.17) is 4.74 Å². The Hall–Kier alpha value is -2.37. The Morgan fingerprint density at radius 3 is 2.79 bits per heavy atom. The molecule has 1 aromatic heterocycles. The number of rotatable bonds is 7. The number of nitrogens with zero attached hydrogens (tertiary/aromatic N) is 1. The van der Waals surface area contributed by atoms with Gasteiger partial charge in [-0.1, -0.05) is 0 Å². The number of ether oxygens (including phenoxy) is 1. The maximum atomic E-state index is 13.0. The van der Waals surface area contributed by atoms with E-state index in [9.17, 15) is 9.18 Å². The van der Waals surface area contributed by atoms with Gasteiger partial charge >= 0.3 is 0 Å². The molecule has 4 nitrogen and oxygen atoms in total. The highest BCUT2D eigenvalue weighted by molar-refractivity contribution is 5.96. The van der Waals surface area contributed by atoms with Gasteiger partial charge in [-0.25, -0.2) is 4.39 Å². The first kappa shape index (κ1) is 21.3. The molecule has 29 heavy (non-hydrogen) atoms. The second-order valence-corrected chi connectivity index (χ2v) is 7.56. The number of aromatic nitrogens is 1. The zero-order valence-corrected chi connectivity index (χ0v) is 17.3. The molecule has 0 spiro atoms. The van der Waals surface area contributed by atoms with Crippen LogP contribution < -0.4 is 4.74 Å².